The van der Waals surface area contributed by atoms with Crippen molar-refractivity contribution in [1.29, 1.82) is 0 Å². The van der Waals surface area contributed by atoms with Crippen LogP contribution in [0.4, 0.5) is 0 Å². The fourth-order valence-corrected chi connectivity index (χ4v) is 3.89. The minimum absolute atomic E-state index is 0.379. The van der Waals surface area contributed by atoms with Crippen LogP contribution in [-0.4, -0.2) is 16.1 Å². The molecule has 0 radical (unpaired) electrons. The number of halogens is 1. The molecule has 0 saturated heterocycles. The molecule has 4 heteroatoms. The smallest absolute Gasteiger partial charge is 0.113 e. The Morgan fingerprint density at radius 3 is 2.81 bits per heavy atom. The van der Waals surface area contributed by atoms with Gasteiger partial charge in [0.1, 0.15) is 5.82 Å². The molecule has 1 heterocycles. The van der Waals surface area contributed by atoms with Gasteiger partial charge < -0.3 is 10.3 Å². The van der Waals surface area contributed by atoms with E-state index in [-0.39, 0.29) is 0 Å². The number of aromatic nitrogens is 2. The third-order valence-corrected chi connectivity index (χ3v) is 4.97. The van der Waals surface area contributed by atoms with E-state index in [1.165, 1.54) is 31.5 Å². The number of fused-ring (bicyclic) bond motifs is 1. The van der Waals surface area contributed by atoms with Crippen LogP contribution in [0.2, 0.25) is 5.02 Å². The van der Waals surface area contributed by atoms with Gasteiger partial charge in [0, 0.05) is 17.0 Å². The van der Waals surface area contributed by atoms with Gasteiger partial charge in [-0.25, -0.2) is 4.98 Å². The van der Waals surface area contributed by atoms with E-state index in [9.17, 15) is 0 Å². The maximum Gasteiger partial charge on any atom is 0.113 e. The summed E-state index contributed by atoms with van der Waals surface area (Å²) in [6, 6.07) is 6.37. The van der Waals surface area contributed by atoms with Crippen molar-refractivity contribution in [2.75, 3.05) is 6.54 Å². The summed E-state index contributed by atoms with van der Waals surface area (Å²) in [4.78, 5) is 4.95. The molecule has 2 N–H and O–H groups in total. The lowest BCUT2D eigenvalue weighted by Crippen LogP contribution is -2.27. The van der Waals surface area contributed by atoms with Gasteiger partial charge in [0.2, 0.25) is 0 Å². The average molecular weight is 306 g/mol. The highest BCUT2D eigenvalue weighted by atomic mass is 35.5. The lowest BCUT2D eigenvalue weighted by atomic mass is 9.78. The third-order valence-electron chi connectivity index (χ3n) is 4.74. The first-order valence-electron chi connectivity index (χ1n) is 7.99. The van der Waals surface area contributed by atoms with Crippen molar-refractivity contribution in [2.24, 2.45) is 11.7 Å². The first kappa shape index (κ1) is 14.9. The molecule has 1 aliphatic carbocycles. The Morgan fingerprint density at radius 1 is 1.33 bits per heavy atom. The minimum atomic E-state index is 0.379. The molecule has 1 saturated carbocycles. The normalized spacial score (nSPS) is 23.1. The molecular weight excluding hydrogens is 282 g/mol. The van der Waals surface area contributed by atoms with Crippen LogP contribution in [0.15, 0.2) is 18.2 Å². The molecule has 3 rings (SSSR count). The van der Waals surface area contributed by atoms with Crippen LogP contribution in [0.5, 0.6) is 0 Å². The van der Waals surface area contributed by atoms with Gasteiger partial charge in [0.05, 0.1) is 11.0 Å². The number of nitrogens with zero attached hydrogens (tertiary/aromatic N) is 2. The van der Waals surface area contributed by atoms with Gasteiger partial charge in [-0.2, -0.15) is 0 Å². The number of rotatable bonds is 3. The van der Waals surface area contributed by atoms with Crippen molar-refractivity contribution in [3.8, 4) is 0 Å². The van der Waals surface area contributed by atoms with Crippen molar-refractivity contribution in [1.82, 2.24) is 9.55 Å². The monoisotopic (exact) mass is 305 g/mol. The Labute approximate surface area is 131 Å². The molecular formula is C17H24ClN3. The molecule has 0 spiro atoms. The third kappa shape index (κ3) is 2.69. The van der Waals surface area contributed by atoms with Crippen LogP contribution in [0, 0.1) is 5.92 Å². The molecule has 3 nitrogen and oxygen atoms in total. The molecule has 0 aliphatic heterocycles. The zero-order chi connectivity index (χ0) is 15.0. The molecule has 1 aliphatic rings. The maximum atomic E-state index is 6.19. The number of imidazole rings is 1. The zero-order valence-corrected chi connectivity index (χ0v) is 13.6. The van der Waals surface area contributed by atoms with Crippen LogP contribution < -0.4 is 5.73 Å². The summed E-state index contributed by atoms with van der Waals surface area (Å²) in [5.74, 6) is 2.25. The SMILES string of the molecule is CC(C)n1c(C2CCCCC2CN)nc2ccc(Cl)cc21. The van der Waals surface area contributed by atoms with Crippen molar-refractivity contribution >= 4 is 22.6 Å². The molecule has 1 fully saturated rings. The molecule has 1 aromatic heterocycles. The molecule has 0 amide bonds. The average Bonchev–Trinajstić information content (AvgIpc) is 2.85. The maximum absolute atomic E-state index is 6.19. The highest BCUT2D eigenvalue weighted by molar-refractivity contribution is 6.31. The Bertz CT molecular complexity index is 632. The van der Waals surface area contributed by atoms with Crippen LogP contribution in [-0.2, 0) is 0 Å². The van der Waals surface area contributed by atoms with Gasteiger partial charge in [0.25, 0.3) is 0 Å². The van der Waals surface area contributed by atoms with E-state index in [1.807, 2.05) is 18.2 Å². The Kier molecular flexibility index (Phi) is 4.23. The second kappa shape index (κ2) is 5.98. The van der Waals surface area contributed by atoms with Crippen LogP contribution in [0.25, 0.3) is 11.0 Å². The van der Waals surface area contributed by atoms with E-state index in [4.69, 9.17) is 22.3 Å². The first-order chi connectivity index (χ1) is 10.1. The van der Waals surface area contributed by atoms with Gasteiger partial charge in [-0.15, -0.1) is 0 Å². The molecule has 0 bridgehead atoms. The van der Waals surface area contributed by atoms with Gasteiger partial charge >= 0.3 is 0 Å². The largest absolute Gasteiger partial charge is 0.330 e. The van der Waals surface area contributed by atoms with Crippen LogP contribution >= 0.6 is 11.6 Å². The highest BCUT2D eigenvalue weighted by Gasteiger charge is 2.30. The summed E-state index contributed by atoms with van der Waals surface area (Å²) < 4.78 is 2.36. The highest BCUT2D eigenvalue weighted by Crippen LogP contribution is 2.39. The van der Waals surface area contributed by atoms with Gasteiger partial charge in [-0.1, -0.05) is 24.4 Å². The number of hydrogen-bond acceptors (Lipinski definition) is 2. The van der Waals surface area contributed by atoms with Crippen molar-refractivity contribution in [3.63, 3.8) is 0 Å². The number of benzene rings is 1. The molecule has 2 atom stereocenters. The number of nitrogens with two attached hydrogens (primary N) is 1. The van der Waals surface area contributed by atoms with Crippen molar-refractivity contribution in [3.05, 3.63) is 29.0 Å². The summed E-state index contributed by atoms with van der Waals surface area (Å²) in [5, 5.41) is 0.773. The molecule has 2 unspecified atom stereocenters. The fraction of sp³-hybridized carbons (Fsp3) is 0.588. The summed E-state index contributed by atoms with van der Waals surface area (Å²) in [7, 11) is 0. The van der Waals surface area contributed by atoms with E-state index in [1.54, 1.807) is 0 Å². The number of hydrogen-bond donors (Lipinski definition) is 1. The van der Waals surface area contributed by atoms with Crippen molar-refractivity contribution in [2.45, 2.75) is 51.5 Å². The summed E-state index contributed by atoms with van der Waals surface area (Å²) in [6.07, 6.45) is 5.00. The quantitative estimate of drug-likeness (QED) is 0.907. The summed E-state index contributed by atoms with van der Waals surface area (Å²) in [6.45, 7) is 5.18. The van der Waals surface area contributed by atoms with Gasteiger partial charge in [-0.05, 0) is 57.4 Å². The lowest BCUT2D eigenvalue weighted by molar-refractivity contribution is 0.296. The summed E-state index contributed by atoms with van der Waals surface area (Å²) >= 11 is 6.19. The zero-order valence-electron chi connectivity index (χ0n) is 12.8. The second-order valence-electron chi connectivity index (χ2n) is 6.45. The van der Waals surface area contributed by atoms with Crippen LogP contribution in [0.3, 0.4) is 0 Å². The lowest BCUT2D eigenvalue weighted by Gasteiger charge is -2.31. The fourth-order valence-electron chi connectivity index (χ4n) is 3.72. The van der Waals surface area contributed by atoms with E-state index >= 15 is 0 Å². The Balaban J connectivity index is 2.14. The van der Waals surface area contributed by atoms with Crippen LogP contribution in [0.1, 0.15) is 57.3 Å². The first-order valence-corrected chi connectivity index (χ1v) is 8.37. The Morgan fingerprint density at radius 2 is 2.10 bits per heavy atom. The van der Waals surface area contributed by atoms with E-state index in [0.29, 0.717) is 17.9 Å². The van der Waals surface area contributed by atoms with E-state index < -0.39 is 0 Å². The Hall–Kier alpha value is -1.06. The molecule has 114 valence electrons. The topological polar surface area (TPSA) is 43.8 Å². The predicted octanol–water partition coefficient (Wildman–Crippen LogP) is 4.50. The van der Waals surface area contributed by atoms with E-state index in [0.717, 1.165) is 22.6 Å². The van der Waals surface area contributed by atoms with Crippen molar-refractivity contribution < 1.29 is 0 Å². The molecule has 1 aromatic carbocycles. The summed E-state index contributed by atoms with van der Waals surface area (Å²) in [5.41, 5.74) is 8.21. The minimum Gasteiger partial charge on any atom is -0.330 e. The molecule has 21 heavy (non-hydrogen) atoms. The molecule has 2 aromatic rings. The van der Waals surface area contributed by atoms with Gasteiger partial charge in [-0.3, -0.25) is 0 Å². The van der Waals surface area contributed by atoms with E-state index in [2.05, 4.69) is 18.4 Å². The van der Waals surface area contributed by atoms with Gasteiger partial charge in [0.15, 0.2) is 0 Å². The predicted molar refractivity (Wildman–Crippen MR) is 88.9 cm³/mol. The standard InChI is InChI=1S/C17H24ClN3/c1-11(2)21-16-9-13(18)7-8-15(16)20-17(21)14-6-4-3-5-12(14)10-19/h7-9,11-12,14H,3-6,10,19H2,1-2H3. The second-order valence-corrected chi connectivity index (χ2v) is 6.89.